The fourth-order valence-electron chi connectivity index (χ4n) is 1.85. The molecule has 0 radical (unpaired) electrons. The Hall–Kier alpha value is -1.97. The number of nitrogens with zero attached hydrogens (tertiary/aromatic N) is 1. The van der Waals surface area contributed by atoms with E-state index in [9.17, 15) is 10.1 Å². The van der Waals surface area contributed by atoms with Gasteiger partial charge in [0.1, 0.15) is 12.7 Å². The molecule has 5 nitrogen and oxygen atoms in total. The second kappa shape index (κ2) is 10.7. The van der Waals surface area contributed by atoms with Gasteiger partial charge in [0.2, 0.25) is 0 Å². The maximum absolute atomic E-state index is 12.0. The molecular formula is C17H22N2O3S. The number of ether oxygens (including phenoxy) is 2. The van der Waals surface area contributed by atoms with Crippen LogP contribution in [0.1, 0.15) is 25.5 Å². The highest BCUT2D eigenvalue weighted by Gasteiger charge is 2.18. The summed E-state index contributed by atoms with van der Waals surface area (Å²) in [7, 11) is 0. The van der Waals surface area contributed by atoms with Gasteiger partial charge in [-0.2, -0.15) is 5.26 Å². The minimum Gasteiger partial charge on any atom is -0.459 e. The number of rotatable bonds is 9. The largest absolute Gasteiger partial charge is 0.459 e. The van der Waals surface area contributed by atoms with Crippen molar-refractivity contribution in [3.8, 4) is 6.07 Å². The topological polar surface area (TPSA) is 71.3 Å². The van der Waals surface area contributed by atoms with Gasteiger partial charge < -0.3 is 14.8 Å². The van der Waals surface area contributed by atoms with Crippen molar-refractivity contribution in [1.82, 2.24) is 5.32 Å². The molecule has 0 aliphatic heterocycles. The van der Waals surface area contributed by atoms with Gasteiger partial charge in [-0.15, -0.1) is 11.8 Å². The summed E-state index contributed by atoms with van der Waals surface area (Å²) in [6, 6.07) is 11.7. The second-order valence-electron chi connectivity index (χ2n) is 4.63. The van der Waals surface area contributed by atoms with E-state index in [1.807, 2.05) is 56.5 Å². The van der Waals surface area contributed by atoms with Crippen molar-refractivity contribution in [3.05, 3.63) is 46.5 Å². The molecule has 0 heterocycles. The lowest BCUT2D eigenvalue weighted by Gasteiger charge is -2.18. The van der Waals surface area contributed by atoms with E-state index in [1.54, 1.807) is 0 Å². The monoisotopic (exact) mass is 334 g/mol. The normalized spacial score (nSPS) is 12.8. The van der Waals surface area contributed by atoms with Crippen LogP contribution in [0.25, 0.3) is 0 Å². The molecule has 0 amide bonds. The Balaban J connectivity index is 2.78. The SMILES string of the molecule is CCOCCOC(=O)C(C#N)=C(NC(C)c1ccccc1)SC. The Bertz CT molecular complexity index is 567. The van der Waals surface area contributed by atoms with Crippen molar-refractivity contribution in [1.29, 1.82) is 5.26 Å². The van der Waals surface area contributed by atoms with Crippen molar-refractivity contribution in [2.45, 2.75) is 19.9 Å². The standard InChI is InChI=1S/C17H22N2O3S/c1-4-21-10-11-22-17(20)15(12-18)16(23-3)19-13(2)14-8-6-5-7-9-14/h5-9,13,19H,4,10-11H2,1-3H3. The molecule has 6 heteroatoms. The van der Waals surface area contributed by atoms with Crippen LogP contribution in [0.3, 0.4) is 0 Å². The van der Waals surface area contributed by atoms with E-state index in [4.69, 9.17) is 9.47 Å². The van der Waals surface area contributed by atoms with Crippen LogP contribution in [0.4, 0.5) is 0 Å². The molecule has 0 spiro atoms. The van der Waals surface area contributed by atoms with Crippen molar-refractivity contribution in [3.63, 3.8) is 0 Å². The summed E-state index contributed by atoms with van der Waals surface area (Å²) in [6.07, 6.45) is 1.81. The van der Waals surface area contributed by atoms with E-state index in [2.05, 4.69) is 5.32 Å². The summed E-state index contributed by atoms with van der Waals surface area (Å²) in [5.41, 5.74) is 1.05. The predicted octanol–water partition coefficient (Wildman–Crippen LogP) is 3.02. The van der Waals surface area contributed by atoms with Crippen molar-refractivity contribution in [2.24, 2.45) is 0 Å². The summed E-state index contributed by atoms with van der Waals surface area (Å²) in [6.45, 7) is 4.85. The third-order valence-corrected chi connectivity index (χ3v) is 3.79. The summed E-state index contributed by atoms with van der Waals surface area (Å²) in [4.78, 5) is 12.0. The molecule has 0 fully saturated rings. The number of esters is 1. The number of thioether (sulfide) groups is 1. The lowest BCUT2D eigenvalue weighted by atomic mass is 10.1. The van der Waals surface area contributed by atoms with Crippen LogP contribution >= 0.6 is 11.8 Å². The Morgan fingerprint density at radius 3 is 2.61 bits per heavy atom. The van der Waals surface area contributed by atoms with Crippen LogP contribution in [0.15, 0.2) is 40.9 Å². The molecule has 1 N–H and O–H groups in total. The zero-order valence-corrected chi connectivity index (χ0v) is 14.5. The van der Waals surface area contributed by atoms with Gasteiger partial charge in [0.05, 0.1) is 11.6 Å². The van der Waals surface area contributed by atoms with Gasteiger partial charge >= 0.3 is 5.97 Å². The molecule has 0 aliphatic rings. The van der Waals surface area contributed by atoms with Crippen LogP contribution in [0, 0.1) is 11.3 Å². The quantitative estimate of drug-likeness (QED) is 0.324. The first-order chi connectivity index (χ1) is 11.1. The smallest absolute Gasteiger partial charge is 0.351 e. The third-order valence-electron chi connectivity index (χ3n) is 3.06. The lowest BCUT2D eigenvalue weighted by molar-refractivity contribution is -0.140. The van der Waals surface area contributed by atoms with E-state index < -0.39 is 5.97 Å². The van der Waals surface area contributed by atoms with Gasteiger partial charge in [-0.25, -0.2) is 4.79 Å². The molecule has 1 rings (SSSR count). The molecule has 1 unspecified atom stereocenters. The van der Waals surface area contributed by atoms with E-state index in [-0.39, 0.29) is 18.2 Å². The summed E-state index contributed by atoms with van der Waals surface area (Å²) < 4.78 is 10.2. The Morgan fingerprint density at radius 1 is 1.35 bits per heavy atom. The summed E-state index contributed by atoms with van der Waals surface area (Å²) in [5.74, 6) is -0.635. The van der Waals surface area contributed by atoms with Gasteiger partial charge in [-0.05, 0) is 25.7 Å². The summed E-state index contributed by atoms with van der Waals surface area (Å²) >= 11 is 1.31. The molecule has 0 aliphatic carbocycles. The number of carbonyl (C=O) groups is 1. The first-order valence-corrected chi connectivity index (χ1v) is 8.61. The van der Waals surface area contributed by atoms with E-state index in [1.165, 1.54) is 11.8 Å². The molecular weight excluding hydrogens is 312 g/mol. The lowest BCUT2D eigenvalue weighted by Crippen LogP contribution is -2.21. The third kappa shape index (κ3) is 6.35. The van der Waals surface area contributed by atoms with Crippen molar-refractivity contribution >= 4 is 17.7 Å². The molecule has 124 valence electrons. The van der Waals surface area contributed by atoms with Crippen molar-refractivity contribution in [2.75, 3.05) is 26.1 Å². The molecule has 0 aromatic heterocycles. The Morgan fingerprint density at radius 2 is 2.04 bits per heavy atom. The molecule has 0 saturated heterocycles. The molecule has 0 saturated carbocycles. The van der Waals surface area contributed by atoms with Gasteiger partial charge in [-0.1, -0.05) is 30.3 Å². The highest BCUT2D eigenvalue weighted by molar-refractivity contribution is 8.02. The number of nitriles is 1. The minimum atomic E-state index is -0.635. The number of benzene rings is 1. The zero-order chi connectivity index (χ0) is 17.1. The van der Waals surface area contributed by atoms with Crippen molar-refractivity contribution < 1.29 is 14.3 Å². The first kappa shape index (κ1) is 19.1. The van der Waals surface area contributed by atoms with E-state index >= 15 is 0 Å². The fraction of sp³-hybridized carbons (Fsp3) is 0.412. The zero-order valence-electron chi connectivity index (χ0n) is 13.7. The predicted molar refractivity (Wildman–Crippen MR) is 91.6 cm³/mol. The van der Waals surface area contributed by atoms with E-state index in [0.717, 1.165) is 5.56 Å². The molecule has 0 bridgehead atoms. The van der Waals surface area contributed by atoms with Crippen LogP contribution in [-0.4, -0.2) is 32.0 Å². The van der Waals surface area contributed by atoms with E-state index in [0.29, 0.717) is 18.2 Å². The fourth-order valence-corrected chi connectivity index (χ4v) is 2.48. The van der Waals surface area contributed by atoms with Crippen LogP contribution in [0.5, 0.6) is 0 Å². The number of hydrogen-bond acceptors (Lipinski definition) is 6. The average molecular weight is 334 g/mol. The van der Waals surface area contributed by atoms with Gasteiger partial charge in [0.25, 0.3) is 0 Å². The number of hydrogen-bond donors (Lipinski definition) is 1. The second-order valence-corrected chi connectivity index (χ2v) is 5.45. The maximum Gasteiger partial charge on any atom is 0.351 e. The van der Waals surface area contributed by atoms with Crippen LogP contribution < -0.4 is 5.32 Å². The highest BCUT2D eigenvalue weighted by Crippen LogP contribution is 2.21. The van der Waals surface area contributed by atoms with Crippen LogP contribution in [-0.2, 0) is 14.3 Å². The van der Waals surface area contributed by atoms with Gasteiger partial charge in [-0.3, -0.25) is 0 Å². The maximum atomic E-state index is 12.0. The highest BCUT2D eigenvalue weighted by atomic mass is 32.2. The summed E-state index contributed by atoms with van der Waals surface area (Å²) in [5, 5.41) is 13.0. The Kier molecular flexibility index (Phi) is 8.88. The first-order valence-electron chi connectivity index (χ1n) is 7.38. The number of carbonyl (C=O) groups excluding carboxylic acids is 1. The molecule has 1 atom stereocenters. The van der Waals surface area contributed by atoms with Gasteiger partial charge in [0, 0.05) is 12.6 Å². The van der Waals surface area contributed by atoms with Crippen LogP contribution in [0.2, 0.25) is 0 Å². The molecule has 1 aromatic carbocycles. The Labute approximate surface area is 141 Å². The van der Waals surface area contributed by atoms with Gasteiger partial charge in [0.15, 0.2) is 5.57 Å². The average Bonchev–Trinajstić information content (AvgIpc) is 2.59. The minimum absolute atomic E-state index is 0.0169. The number of nitrogens with one attached hydrogen (secondary N) is 1. The molecule has 23 heavy (non-hydrogen) atoms. The molecule has 1 aromatic rings.